The molecule has 2 aliphatic heterocycles. The SMILES string of the molecule is CCCCOCCN1CCC(NC(=O)C2C=CC(C(F)(F)F)=NC2=O)c2ccc(C)cc21. The van der Waals surface area contributed by atoms with Crippen LogP contribution in [0.4, 0.5) is 18.9 Å². The maximum absolute atomic E-state index is 12.8. The lowest BCUT2D eigenvalue weighted by atomic mass is 9.93. The van der Waals surface area contributed by atoms with Gasteiger partial charge in [-0.25, -0.2) is 4.99 Å². The summed E-state index contributed by atoms with van der Waals surface area (Å²) in [5.74, 6) is -3.12. The molecule has 9 heteroatoms. The lowest BCUT2D eigenvalue weighted by Gasteiger charge is -2.36. The number of hydrogen-bond donors (Lipinski definition) is 1. The van der Waals surface area contributed by atoms with Crippen LogP contribution in [0, 0.1) is 12.8 Å². The van der Waals surface area contributed by atoms with Gasteiger partial charge in [0.15, 0.2) is 0 Å². The molecule has 174 valence electrons. The molecule has 2 aliphatic rings. The topological polar surface area (TPSA) is 71.0 Å². The Hall–Kier alpha value is -2.68. The van der Waals surface area contributed by atoms with Gasteiger partial charge in [0.25, 0.3) is 5.91 Å². The van der Waals surface area contributed by atoms with E-state index in [-0.39, 0.29) is 6.04 Å². The minimum atomic E-state index is -4.72. The van der Waals surface area contributed by atoms with Crippen LogP contribution in [0.25, 0.3) is 0 Å². The minimum Gasteiger partial charge on any atom is -0.380 e. The Morgan fingerprint density at radius 1 is 1.31 bits per heavy atom. The molecule has 1 aromatic rings. The first-order valence-corrected chi connectivity index (χ1v) is 10.8. The molecule has 2 atom stereocenters. The van der Waals surface area contributed by atoms with Crippen molar-refractivity contribution in [3.63, 3.8) is 0 Å². The van der Waals surface area contributed by atoms with Crippen molar-refractivity contribution >= 4 is 23.2 Å². The normalized spacial score (nSPS) is 20.7. The largest absolute Gasteiger partial charge is 0.433 e. The number of rotatable bonds is 8. The molecule has 0 aliphatic carbocycles. The van der Waals surface area contributed by atoms with Crippen molar-refractivity contribution < 1.29 is 27.5 Å². The van der Waals surface area contributed by atoms with E-state index in [9.17, 15) is 22.8 Å². The Balaban J connectivity index is 1.68. The third-order valence-corrected chi connectivity index (χ3v) is 5.57. The highest BCUT2D eigenvalue weighted by Crippen LogP contribution is 2.35. The van der Waals surface area contributed by atoms with Crippen LogP contribution in [-0.4, -0.2) is 50.0 Å². The summed E-state index contributed by atoms with van der Waals surface area (Å²) in [6.07, 6.45) is -0.367. The summed E-state index contributed by atoms with van der Waals surface area (Å²) in [5.41, 5.74) is 1.69. The number of unbranched alkanes of at least 4 members (excludes halogenated alkanes) is 1. The Morgan fingerprint density at radius 2 is 2.09 bits per heavy atom. The zero-order valence-electron chi connectivity index (χ0n) is 18.2. The number of fused-ring (bicyclic) bond motifs is 1. The van der Waals surface area contributed by atoms with Crippen molar-refractivity contribution in [2.24, 2.45) is 10.9 Å². The first kappa shape index (κ1) is 24.0. The molecule has 2 amide bonds. The maximum atomic E-state index is 12.8. The van der Waals surface area contributed by atoms with E-state index >= 15 is 0 Å². The fourth-order valence-electron chi connectivity index (χ4n) is 3.80. The van der Waals surface area contributed by atoms with Gasteiger partial charge in [-0.3, -0.25) is 9.59 Å². The highest BCUT2D eigenvalue weighted by Gasteiger charge is 2.39. The van der Waals surface area contributed by atoms with Crippen LogP contribution in [0.15, 0.2) is 35.3 Å². The zero-order valence-corrected chi connectivity index (χ0v) is 18.2. The van der Waals surface area contributed by atoms with Gasteiger partial charge in [0.2, 0.25) is 5.91 Å². The van der Waals surface area contributed by atoms with Crippen LogP contribution in [0.1, 0.15) is 43.4 Å². The average Bonchev–Trinajstić information content (AvgIpc) is 2.73. The lowest BCUT2D eigenvalue weighted by Crippen LogP contribution is -2.43. The molecule has 1 aromatic carbocycles. The minimum absolute atomic E-state index is 0.343. The summed E-state index contributed by atoms with van der Waals surface area (Å²) >= 11 is 0. The highest BCUT2D eigenvalue weighted by atomic mass is 19.4. The van der Waals surface area contributed by atoms with Gasteiger partial charge < -0.3 is 15.0 Å². The second-order valence-corrected chi connectivity index (χ2v) is 8.03. The molecule has 0 spiro atoms. The molecule has 32 heavy (non-hydrogen) atoms. The first-order chi connectivity index (χ1) is 15.2. The molecule has 3 rings (SSSR count). The third-order valence-electron chi connectivity index (χ3n) is 5.57. The number of hydrogen-bond acceptors (Lipinski definition) is 4. The lowest BCUT2D eigenvalue weighted by molar-refractivity contribution is -0.132. The van der Waals surface area contributed by atoms with Gasteiger partial charge in [0.05, 0.1) is 12.6 Å². The predicted molar refractivity (Wildman–Crippen MR) is 116 cm³/mol. The standard InChI is InChI=1S/C23H28F3N3O3/c1-3-4-12-32-13-11-29-10-9-18(16-6-5-15(2)14-19(16)29)27-21(30)17-7-8-20(23(24,25)26)28-22(17)31/h5-8,14,17-18H,3-4,9-13H2,1-2H3,(H,27,30). The van der Waals surface area contributed by atoms with Crippen molar-refractivity contribution in [2.75, 3.05) is 31.2 Å². The number of ether oxygens (including phenoxy) is 1. The molecule has 6 nitrogen and oxygen atoms in total. The van der Waals surface area contributed by atoms with E-state index in [1.54, 1.807) is 0 Å². The number of dihydropyridines is 1. The number of carbonyl (C=O) groups is 2. The fourth-order valence-corrected chi connectivity index (χ4v) is 3.80. The molecule has 1 N–H and O–H groups in total. The number of nitrogens with one attached hydrogen (secondary N) is 1. The molecule has 0 radical (unpaired) electrons. The molecule has 0 bridgehead atoms. The van der Waals surface area contributed by atoms with Crippen molar-refractivity contribution in [1.82, 2.24) is 5.32 Å². The number of aryl methyl sites for hydroxylation is 1. The van der Waals surface area contributed by atoms with Crippen molar-refractivity contribution in [3.05, 3.63) is 41.5 Å². The second-order valence-electron chi connectivity index (χ2n) is 8.03. The van der Waals surface area contributed by atoms with Crippen molar-refractivity contribution in [2.45, 2.75) is 45.3 Å². The van der Waals surface area contributed by atoms with E-state index in [1.165, 1.54) is 0 Å². The van der Waals surface area contributed by atoms with E-state index in [1.807, 2.05) is 25.1 Å². The molecule has 2 unspecified atom stereocenters. The van der Waals surface area contributed by atoms with E-state index < -0.39 is 29.6 Å². The number of amides is 2. The Labute approximate surface area is 185 Å². The van der Waals surface area contributed by atoms with E-state index in [0.29, 0.717) is 25.6 Å². The number of halogens is 3. The van der Waals surface area contributed by atoms with Crippen molar-refractivity contribution in [1.29, 1.82) is 0 Å². The number of nitrogens with zero attached hydrogens (tertiary/aromatic N) is 2. The van der Waals surface area contributed by atoms with Gasteiger partial charge in [-0.05, 0) is 43.0 Å². The smallest absolute Gasteiger partial charge is 0.380 e. The number of allylic oxidation sites excluding steroid dienone is 1. The van der Waals surface area contributed by atoms with E-state index in [2.05, 4.69) is 22.1 Å². The molecule has 2 heterocycles. The van der Waals surface area contributed by atoms with E-state index in [4.69, 9.17) is 4.74 Å². The van der Waals surface area contributed by atoms with Crippen LogP contribution >= 0.6 is 0 Å². The quantitative estimate of drug-likeness (QED) is 0.481. The zero-order chi connectivity index (χ0) is 23.3. The molecular formula is C23H28F3N3O3. The molecule has 0 aromatic heterocycles. The number of benzene rings is 1. The molecule has 0 saturated heterocycles. The summed E-state index contributed by atoms with van der Waals surface area (Å²) < 4.78 is 43.9. The van der Waals surface area contributed by atoms with Gasteiger partial charge >= 0.3 is 6.18 Å². The van der Waals surface area contributed by atoms with Crippen LogP contribution in [0.5, 0.6) is 0 Å². The Morgan fingerprint density at radius 3 is 2.78 bits per heavy atom. The van der Waals surface area contributed by atoms with Crippen LogP contribution in [0.2, 0.25) is 0 Å². The Bertz CT molecular complexity index is 911. The van der Waals surface area contributed by atoms with Crippen LogP contribution in [-0.2, 0) is 14.3 Å². The first-order valence-electron chi connectivity index (χ1n) is 10.8. The average molecular weight is 451 g/mol. The highest BCUT2D eigenvalue weighted by molar-refractivity contribution is 6.14. The number of carbonyl (C=O) groups excluding carboxylic acids is 2. The monoisotopic (exact) mass is 451 g/mol. The summed E-state index contributed by atoms with van der Waals surface area (Å²) in [4.78, 5) is 30.0. The number of aliphatic imine (C=N–C) groups is 1. The van der Waals surface area contributed by atoms with Crippen LogP contribution < -0.4 is 10.2 Å². The predicted octanol–water partition coefficient (Wildman–Crippen LogP) is 3.90. The third kappa shape index (κ3) is 5.76. The summed E-state index contributed by atoms with van der Waals surface area (Å²) in [5, 5.41) is 2.83. The fraction of sp³-hybridized carbons (Fsp3) is 0.522. The van der Waals surface area contributed by atoms with Gasteiger partial charge in [-0.1, -0.05) is 31.6 Å². The molecule has 0 saturated carbocycles. The summed E-state index contributed by atoms with van der Waals surface area (Å²) in [7, 11) is 0. The van der Waals surface area contributed by atoms with Gasteiger partial charge in [0.1, 0.15) is 11.6 Å². The number of alkyl halides is 3. The van der Waals surface area contributed by atoms with E-state index in [0.717, 1.165) is 48.9 Å². The van der Waals surface area contributed by atoms with Gasteiger partial charge in [-0.15, -0.1) is 0 Å². The van der Waals surface area contributed by atoms with Crippen LogP contribution in [0.3, 0.4) is 0 Å². The summed E-state index contributed by atoms with van der Waals surface area (Å²) in [6.45, 7) is 6.83. The second kappa shape index (κ2) is 10.3. The molecular weight excluding hydrogens is 423 g/mol. The van der Waals surface area contributed by atoms with Gasteiger partial charge in [0, 0.05) is 25.4 Å². The Kier molecular flexibility index (Phi) is 7.71. The number of anilines is 1. The molecule has 0 fully saturated rings. The maximum Gasteiger partial charge on any atom is 0.433 e. The van der Waals surface area contributed by atoms with Gasteiger partial charge in [-0.2, -0.15) is 13.2 Å². The summed E-state index contributed by atoms with van der Waals surface area (Å²) in [6, 6.07) is 5.60. The van der Waals surface area contributed by atoms with Crippen molar-refractivity contribution in [3.8, 4) is 0 Å².